The number of para-hydroxylation sites is 1. The molecule has 0 saturated carbocycles. The number of hydrogen-bond donors (Lipinski definition) is 1. The van der Waals surface area contributed by atoms with E-state index in [0.29, 0.717) is 23.5 Å². The zero-order valence-corrected chi connectivity index (χ0v) is 17.4. The average molecular weight is 412 g/mol. The monoisotopic (exact) mass is 412 g/mol. The van der Waals surface area contributed by atoms with Crippen LogP contribution in [0.15, 0.2) is 78.9 Å². The number of hydrogen-bond acceptors (Lipinski definition) is 3. The second-order valence-corrected chi connectivity index (χ2v) is 7.33. The standard InChI is InChI=1S/C26H24N2O3/c1-31-24-12-6-5-8-19(24)13-16-25(29)27-22-14-15-23-21(18-22)11-7-17-28(23)26(30)20-9-3-2-4-10-20/h2-6,8-10,12-16,18H,7,11,17H2,1H3,(H,27,29). The summed E-state index contributed by atoms with van der Waals surface area (Å²) in [6.45, 7) is 0.689. The Bertz CT molecular complexity index is 1120. The number of amides is 2. The molecule has 0 bridgehead atoms. The van der Waals surface area contributed by atoms with Gasteiger partial charge in [0.05, 0.1) is 7.11 Å². The van der Waals surface area contributed by atoms with Crippen LogP contribution in [0.25, 0.3) is 6.08 Å². The third-order valence-electron chi connectivity index (χ3n) is 5.28. The molecule has 0 fully saturated rings. The minimum absolute atomic E-state index is 0.00178. The second-order valence-electron chi connectivity index (χ2n) is 7.33. The van der Waals surface area contributed by atoms with Gasteiger partial charge in [-0.1, -0.05) is 36.4 Å². The van der Waals surface area contributed by atoms with Crippen molar-refractivity contribution in [3.63, 3.8) is 0 Å². The number of anilines is 2. The topological polar surface area (TPSA) is 58.6 Å². The highest BCUT2D eigenvalue weighted by molar-refractivity contribution is 6.07. The molecule has 0 spiro atoms. The first-order valence-corrected chi connectivity index (χ1v) is 10.3. The molecule has 5 heteroatoms. The molecular formula is C26H24N2O3. The third-order valence-corrected chi connectivity index (χ3v) is 5.28. The predicted octanol–water partition coefficient (Wildman–Crippen LogP) is 4.94. The van der Waals surface area contributed by atoms with Crippen LogP contribution in [0.3, 0.4) is 0 Å². The Hall–Kier alpha value is -3.86. The molecule has 156 valence electrons. The van der Waals surface area contributed by atoms with Gasteiger partial charge in [-0.15, -0.1) is 0 Å². The van der Waals surface area contributed by atoms with E-state index in [4.69, 9.17) is 4.74 Å². The van der Waals surface area contributed by atoms with Crippen LogP contribution in [0, 0.1) is 0 Å². The minimum Gasteiger partial charge on any atom is -0.496 e. The van der Waals surface area contributed by atoms with Crippen LogP contribution in [-0.4, -0.2) is 25.5 Å². The number of carbonyl (C=O) groups excluding carboxylic acids is 2. The molecule has 1 aliphatic heterocycles. The SMILES string of the molecule is COc1ccccc1C=CC(=O)Nc1ccc2c(c1)CCCN2C(=O)c1ccccc1. The molecule has 0 unspecified atom stereocenters. The largest absolute Gasteiger partial charge is 0.496 e. The van der Waals surface area contributed by atoms with Crippen molar-refractivity contribution in [2.75, 3.05) is 23.9 Å². The molecule has 0 atom stereocenters. The van der Waals surface area contributed by atoms with Gasteiger partial charge in [-0.2, -0.15) is 0 Å². The van der Waals surface area contributed by atoms with Gasteiger partial charge in [0.15, 0.2) is 0 Å². The number of methoxy groups -OCH3 is 1. The maximum Gasteiger partial charge on any atom is 0.258 e. The Morgan fingerprint density at radius 3 is 2.58 bits per heavy atom. The van der Waals surface area contributed by atoms with Crippen LogP contribution >= 0.6 is 0 Å². The lowest BCUT2D eigenvalue weighted by molar-refractivity contribution is -0.111. The summed E-state index contributed by atoms with van der Waals surface area (Å²) in [5.74, 6) is 0.487. The molecule has 1 heterocycles. The highest BCUT2D eigenvalue weighted by atomic mass is 16.5. The number of carbonyl (C=O) groups is 2. The van der Waals surface area contributed by atoms with Crippen molar-refractivity contribution in [2.24, 2.45) is 0 Å². The fourth-order valence-corrected chi connectivity index (χ4v) is 3.78. The third kappa shape index (κ3) is 4.67. The molecule has 1 aliphatic rings. The fourth-order valence-electron chi connectivity index (χ4n) is 3.78. The molecule has 0 aromatic heterocycles. The Morgan fingerprint density at radius 2 is 1.77 bits per heavy atom. The van der Waals surface area contributed by atoms with E-state index >= 15 is 0 Å². The predicted molar refractivity (Wildman–Crippen MR) is 124 cm³/mol. The molecule has 0 aliphatic carbocycles. The van der Waals surface area contributed by atoms with Crippen molar-refractivity contribution in [1.29, 1.82) is 0 Å². The van der Waals surface area contributed by atoms with Gasteiger partial charge in [-0.05, 0) is 60.9 Å². The van der Waals surface area contributed by atoms with E-state index in [9.17, 15) is 9.59 Å². The smallest absolute Gasteiger partial charge is 0.258 e. The lowest BCUT2D eigenvalue weighted by Gasteiger charge is -2.30. The van der Waals surface area contributed by atoms with Crippen molar-refractivity contribution in [1.82, 2.24) is 0 Å². The summed E-state index contributed by atoms with van der Waals surface area (Å²) in [6.07, 6.45) is 4.97. The summed E-state index contributed by atoms with van der Waals surface area (Å²) in [6, 6.07) is 22.5. The highest BCUT2D eigenvalue weighted by Crippen LogP contribution is 2.31. The summed E-state index contributed by atoms with van der Waals surface area (Å²) >= 11 is 0. The number of rotatable bonds is 5. The van der Waals surface area contributed by atoms with E-state index in [1.54, 1.807) is 13.2 Å². The van der Waals surface area contributed by atoms with Crippen LogP contribution in [0.1, 0.15) is 27.9 Å². The zero-order valence-electron chi connectivity index (χ0n) is 17.4. The van der Waals surface area contributed by atoms with Crippen LogP contribution in [0.2, 0.25) is 0 Å². The normalized spacial score (nSPS) is 13.0. The van der Waals surface area contributed by atoms with Crippen LogP contribution in [0.4, 0.5) is 11.4 Å². The maximum atomic E-state index is 12.9. The summed E-state index contributed by atoms with van der Waals surface area (Å²) in [4.78, 5) is 27.2. The molecule has 0 saturated heterocycles. The van der Waals surface area contributed by atoms with E-state index in [0.717, 1.165) is 29.7 Å². The van der Waals surface area contributed by atoms with E-state index in [-0.39, 0.29) is 11.8 Å². The number of aryl methyl sites for hydroxylation is 1. The van der Waals surface area contributed by atoms with Gasteiger partial charge in [0.1, 0.15) is 5.75 Å². The van der Waals surface area contributed by atoms with Gasteiger partial charge in [0.2, 0.25) is 5.91 Å². The van der Waals surface area contributed by atoms with Gasteiger partial charge in [-0.25, -0.2) is 0 Å². The van der Waals surface area contributed by atoms with Gasteiger partial charge in [-0.3, -0.25) is 9.59 Å². The summed E-state index contributed by atoms with van der Waals surface area (Å²) in [5.41, 5.74) is 4.18. The molecule has 5 nitrogen and oxygen atoms in total. The first kappa shape index (κ1) is 20.4. The fraction of sp³-hybridized carbons (Fsp3) is 0.154. The summed E-state index contributed by atoms with van der Waals surface area (Å²) in [5, 5.41) is 2.91. The number of nitrogens with one attached hydrogen (secondary N) is 1. The molecule has 3 aromatic rings. The van der Waals surface area contributed by atoms with Gasteiger partial charge in [0, 0.05) is 35.1 Å². The van der Waals surface area contributed by atoms with E-state index < -0.39 is 0 Å². The van der Waals surface area contributed by atoms with Crippen molar-refractivity contribution < 1.29 is 14.3 Å². The first-order chi connectivity index (χ1) is 15.2. The molecular weight excluding hydrogens is 388 g/mol. The molecule has 0 radical (unpaired) electrons. The zero-order chi connectivity index (χ0) is 21.6. The highest BCUT2D eigenvalue weighted by Gasteiger charge is 2.23. The van der Waals surface area contributed by atoms with Crippen molar-refractivity contribution in [3.05, 3.63) is 95.6 Å². The van der Waals surface area contributed by atoms with E-state index in [2.05, 4.69) is 5.32 Å². The molecule has 4 rings (SSSR count). The number of benzene rings is 3. The Kier molecular flexibility index (Phi) is 6.13. The van der Waals surface area contributed by atoms with Crippen LogP contribution < -0.4 is 15.0 Å². The quantitative estimate of drug-likeness (QED) is 0.604. The summed E-state index contributed by atoms with van der Waals surface area (Å²) < 4.78 is 5.30. The van der Waals surface area contributed by atoms with Crippen molar-refractivity contribution in [3.8, 4) is 5.75 Å². The molecule has 3 aromatic carbocycles. The van der Waals surface area contributed by atoms with Gasteiger partial charge < -0.3 is 15.0 Å². The lowest BCUT2D eigenvalue weighted by atomic mass is 10.00. The van der Waals surface area contributed by atoms with E-state index in [1.165, 1.54) is 6.08 Å². The van der Waals surface area contributed by atoms with Crippen molar-refractivity contribution >= 4 is 29.3 Å². The second kappa shape index (κ2) is 9.30. The number of fused-ring (bicyclic) bond motifs is 1. The first-order valence-electron chi connectivity index (χ1n) is 10.3. The van der Waals surface area contributed by atoms with Crippen molar-refractivity contribution in [2.45, 2.75) is 12.8 Å². The van der Waals surface area contributed by atoms with Crippen LogP contribution in [-0.2, 0) is 11.2 Å². The lowest BCUT2D eigenvalue weighted by Crippen LogP contribution is -2.35. The number of nitrogens with zero attached hydrogens (tertiary/aromatic N) is 1. The van der Waals surface area contributed by atoms with Crippen LogP contribution in [0.5, 0.6) is 5.75 Å². The molecule has 2 amide bonds. The average Bonchev–Trinajstić information content (AvgIpc) is 2.82. The maximum absolute atomic E-state index is 12.9. The Labute approximate surface area is 182 Å². The van der Waals surface area contributed by atoms with Gasteiger partial charge in [0.25, 0.3) is 5.91 Å². The Morgan fingerprint density at radius 1 is 1.00 bits per heavy atom. The minimum atomic E-state index is -0.223. The summed E-state index contributed by atoms with van der Waals surface area (Å²) in [7, 11) is 1.60. The Balaban J connectivity index is 1.48. The van der Waals surface area contributed by atoms with Gasteiger partial charge >= 0.3 is 0 Å². The number of ether oxygens (including phenoxy) is 1. The van der Waals surface area contributed by atoms with E-state index in [1.807, 2.05) is 77.7 Å². The molecule has 1 N–H and O–H groups in total. The molecule has 31 heavy (non-hydrogen) atoms.